The van der Waals surface area contributed by atoms with E-state index in [9.17, 15) is 14.7 Å². The van der Waals surface area contributed by atoms with Crippen LogP contribution in [0, 0.1) is 11.3 Å². The fraction of sp³-hybridized carbons (Fsp3) is 0.467. The molecule has 0 aromatic carbocycles. The lowest BCUT2D eigenvalue weighted by atomic mass is 9.95. The number of nitrogens with one attached hydrogen (secondary N) is 1. The van der Waals surface area contributed by atoms with Gasteiger partial charge in [0.15, 0.2) is 0 Å². The second-order valence-electron chi connectivity index (χ2n) is 5.79. The molecule has 0 saturated carbocycles. The van der Waals surface area contributed by atoms with Crippen LogP contribution in [0.15, 0.2) is 24.5 Å². The molecule has 1 atom stereocenters. The van der Waals surface area contributed by atoms with Crippen LogP contribution in [0.1, 0.15) is 32.8 Å². The topological polar surface area (TPSA) is 100 Å². The molecule has 1 aromatic heterocycles. The molecule has 1 aromatic rings. The fourth-order valence-electron chi connectivity index (χ4n) is 1.72. The van der Waals surface area contributed by atoms with E-state index in [1.165, 1.54) is 0 Å². The average Bonchev–Trinajstić information content (AvgIpc) is 2.36. The lowest BCUT2D eigenvalue weighted by Crippen LogP contribution is -2.31. The molecule has 114 valence electrons. The van der Waals surface area contributed by atoms with Crippen molar-refractivity contribution in [3.63, 3.8) is 0 Å². The number of hydrogen-bond donors (Lipinski definition) is 2. The number of carbonyl (C=O) groups is 2. The summed E-state index contributed by atoms with van der Waals surface area (Å²) in [6.07, 6.45) is 3.22. The number of rotatable bonds is 6. The number of esters is 1. The molecule has 21 heavy (non-hydrogen) atoms. The highest BCUT2D eigenvalue weighted by Crippen LogP contribution is 2.15. The van der Waals surface area contributed by atoms with E-state index in [4.69, 9.17) is 10.1 Å². The third kappa shape index (κ3) is 6.16. The zero-order valence-electron chi connectivity index (χ0n) is 12.4. The summed E-state index contributed by atoms with van der Waals surface area (Å²) in [5, 5.41) is 16.9. The summed E-state index contributed by atoms with van der Waals surface area (Å²) >= 11 is 0. The quantitative estimate of drug-likeness (QED) is 0.617. The minimum Gasteiger partial charge on any atom is -0.481 e. The molecule has 1 unspecified atom stereocenters. The largest absolute Gasteiger partial charge is 0.481 e. The van der Waals surface area contributed by atoms with Crippen LogP contribution in [-0.2, 0) is 20.7 Å². The van der Waals surface area contributed by atoms with Gasteiger partial charge in [-0.25, -0.2) is 4.79 Å². The Hall–Kier alpha value is -2.24. The van der Waals surface area contributed by atoms with Crippen molar-refractivity contribution in [2.75, 3.05) is 0 Å². The summed E-state index contributed by atoms with van der Waals surface area (Å²) in [6, 6.07) is 3.48. The molecule has 0 bridgehead atoms. The number of ether oxygens (including phenoxy) is 1. The average molecular weight is 292 g/mol. The van der Waals surface area contributed by atoms with Gasteiger partial charge in [0, 0.05) is 18.8 Å². The molecule has 6 heteroatoms. The summed E-state index contributed by atoms with van der Waals surface area (Å²) in [6.45, 7) is 5.09. The molecule has 0 spiro atoms. The monoisotopic (exact) mass is 292 g/mol. The standard InChI is InChI=1S/C15H20N2O4/c1-15(2,3)21-14(20)12(16)8-11(13(18)19)7-10-5-4-6-17-9-10/h4-6,9,11,16H,7-8H2,1-3H3,(H,18,19). The predicted octanol–water partition coefficient (Wildman–Crippen LogP) is 2.08. The van der Waals surface area contributed by atoms with E-state index >= 15 is 0 Å². The van der Waals surface area contributed by atoms with E-state index < -0.39 is 23.5 Å². The summed E-state index contributed by atoms with van der Waals surface area (Å²) < 4.78 is 5.06. The molecule has 0 aliphatic rings. The zero-order valence-corrected chi connectivity index (χ0v) is 12.4. The van der Waals surface area contributed by atoms with Crippen LogP contribution < -0.4 is 0 Å². The number of aromatic nitrogens is 1. The Morgan fingerprint density at radius 3 is 2.57 bits per heavy atom. The summed E-state index contributed by atoms with van der Waals surface area (Å²) in [4.78, 5) is 26.9. The van der Waals surface area contributed by atoms with Crippen molar-refractivity contribution in [3.05, 3.63) is 30.1 Å². The molecule has 6 nitrogen and oxygen atoms in total. The van der Waals surface area contributed by atoms with Crippen molar-refractivity contribution >= 4 is 17.7 Å². The van der Waals surface area contributed by atoms with E-state index in [1.54, 1.807) is 45.3 Å². The van der Waals surface area contributed by atoms with Gasteiger partial charge in [0.2, 0.25) is 0 Å². The number of nitrogens with zero attached hydrogens (tertiary/aromatic N) is 1. The molecule has 0 fully saturated rings. The fourth-order valence-corrected chi connectivity index (χ4v) is 1.72. The molecular weight excluding hydrogens is 272 g/mol. The van der Waals surface area contributed by atoms with Gasteiger partial charge < -0.3 is 9.84 Å². The van der Waals surface area contributed by atoms with Gasteiger partial charge in [0.05, 0.1) is 5.92 Å². The second-order valence-corrected chi connectivity index (χ2v) is 5.79. The van der Waals surface area contributed by atoms with E-state index in [0.29, 0.717) is 0 Å². The van der Waals surface area contributed by atoms with Gasteiger partial charge in [-0.15, -0.1) is 0 Å². The van der Waals surface area contributed by atoms with Gasteiger partial charge in [-0.1, -0.05) is 6.07 Å². The summed E-state index contributed by atoms with van der Waals surface area (Å²) in [5.74, 6) is -2.68. The van der Waals surface area contributed by atoms with Crippen LogP contribution in [0.3, 0.4) is 0 Å². The van der Waals surface area contributed by atoms with Crippen LogP contribution in [0.5, 0.6) is 0 Å². The lowest BCUT2D eigenvalue weighted by molar-refractivity contribution is -0.146. The van der Waals surface area contributed by atoms with Gasteiger partial charge in [0.25, 0.3) is 0 Å². The Kier molecular flexibility index (Phi) is 5.58. The highest BCUT2D eigenvalue weighted by molar-refractivity contribution is 6.35. The van der Waals surface area contributed by atoms with E-state index in [1.807, 2.05) is 0 Å². The second kappa shape index (κ2) is 6.97. The maximum atomic E-state index is 11.7. The van der Waals surface area contributed by atoms with Gasteiger partial charge >= 0.3 is 11.9 Å². The van der Waals surface area contributed by atoms with Gasteiger partial charge in [-0.3, -0.25) is 15.2 Å². The highest BCUT2D eigenvalue weighted by atomic mass is 16.6. The van der Waals surface area contributed by atoms with Crippen LogP contribution in [0.25, 0.3) is 0 Å². The molecule has 2 N–H and O–H groups in total. The molecular formula is C15H20N2O4. The number of pyridine rings is 1. The first-order valence-corrected chi connectivity index (χ1v) is 6.61. The Morgan fingerprint density at radius 1 is 1.43 bits per heavy atom. The maximum absolute atomic E-state index is 11.7. The highest BCUT2D eigenvalue weighted by Gasteiger charge is 2.26. The maximum Gasteiger partial charge on any atom is 0.352 e. The van der Waals surface area contributed by atoms with E-state index in [-0.39, 0.29) is 18.6 Å². The van der Waals surface area contributed by atoms with Crippen molar-refractivity contribution < 1.29 is 19.4 Å². The first kappa shape index (κ1) is 16.8. The third-order valence-electron chi connectivity index (χ3n) is 2.65. The number of carboxylic acid groups (broad SMARTS) is 1. The van der Waals surface area contributed by atoms with Gasteiger partial charge in [-0.05, 0) is 38.8 Å². The SMILES string of the molecule is CC(C)(C)OC(=O)C(=N)CC(Cc1cccnc1)C(=O)O. The van der Waals surface area contributed by atoms with E-state index in [0.717, 1.165) is 5.56 Å². The molecule has 1 heterocycles. The first-order valence-electron chi connectivity index (χ1n) is 6.61. The Balaban J connectivity index is 2.69. The third-order valence-corrected chi connectivity index (χ3v) is 2.65. The minimum atomic E-state index is -1.05. The smallest absolute Gasteiger partial charge is 0.352 e. The number of carbonyl (C=O) groups excluding carboxylic acids is 1. The van der Waals surface area contributed by atoms with Crippen LogP contribution in [0.4, 0.5) is 0 Å². The van der Waals surface area contributed by atoms with Gasteiger partial charge in [-0.2, -0.15) is 0 Å². The van der Waals surface area contributed by atoms with Crippen LogP contribution in [-0.4, -0.2) is 33.3 Å². The first-order chi connectivity index (χ1) is 9.69. The molecule has 0 aliphatic carbocycles. The van der Waals surface area contributed by atoms with Gasteiger partial charge in [0.1, 0.15) is 11.3 Å². The predicted molar refractivity (Wildman–Crippen MR) is 77.3 cm³/mol. The molecule has 1 rings (SSSR count). The normalized spacial score (nSPS) is 12.5. The zero-order chi connectivity index (χ0) is 16.0. The molecule has 0 amide bonds. The van der Waals surface area contributed by atoms with Crippen molar-refractivity contribution in [2.45, 2.75) is 39.2 Å². The lowest BCUT2D eigenvalue weighted by Gasteiger charge is -2.20. The van der Waals surface area contributed by atoms with Crippen LogP contribution >= 0.6 is 0 Å². The summed E-state index contributed by atoms with van der Waals surface area (Å²) in [7, 11) is 0. The molecule has 0 radical (unpaired) electrons. The van der Waals surface area contributed by atoms with Crippen molar-refractivity contribution in [1.29, 1.82) is 5.41 Å². The Labute approximate surface area is 123 Å². The summed E-state index contributed by atoms with van der Waals surface area (Å²) in [5.41, 5.74) is -0.283. The molecule has 0 aliphatic heterocycles. The number of hydrogen-bond acceptors (Lipinski definition) is 5. The van der Waals surface area contributed by atoms with E-state index in [2.05, 4.69) is 4.98 Å². The number of carboxylic acids is 1. The van der Waals surface area contributed by atoms with Crippen molar-refractivity contribution in [3.8, 4) is 0 Å². The van der Waals surface area contributed by atoms with Crippen molar-refractivity contribution in [2.24, 2.45) is 5.92 Å². The Morgan fingerprint density at radius 2 is 2.10 bits per heavy atom. The minimum absolute atomic E-state index is 0.168. The number of aliphatic carboxylic acids is 1. The van der Waals surface area contributed by atoms with Crippen LogP contribution in [0.2, 0.25) is 0 Å². The molecule has 0 saturated heterocycles. The Bertz CT molecular complexity index is 520. The van der Waals surface area contributed by atoms with Crippen molar-refractivity contribution in [1.82, 2.24) is 4.98 Å².